The predicted octanol–water partition coefficient (Wildman–Crippen LogP) is 3.27. The molecule has 5 heteroatoms. The van der Waals surface area contributed by atoms with Gasteiger partial charge in [-0.2, -0.15) is 12.6 Å². The highest BCUT2D eigenvalue weighted by Crippen LogP contribution is 2.20. The van der Waals surface area contributed by atoms with Crippen LogP contribution in [0.3, 0.4) is 0 Å². The Hall–Kier alpha value is 0.295. The second-order valence-electron chi connectivity index (χ2n) is 5.35. The van der Waals surface area contributed by atoms with Gasteiger partial charge < -0.3 is 0 Å². The molecule has 0 saturated carbocycles. The zero-order chi connectivity index (χ0) is 14.3. The van der Waals surface area contributed by atoms with Gasteiger partial charge in [-0.25, -0.2) is 0 Å². The van der Waals surface area contributed by atoms with Crippen LogP contribution in [0.4, 0.5) is 0 Å². The molecular weight excluding hydrogens is 245 g/mol. The Kier molecular flexibility index (Phi) is 9.39. The van der Waals surface area contributed by atoms with Crippen LogP contribution >= 0.6 is 12.6 Å². The molecule has 0 fully saturated rings. The van der Waals surface area contributed by atoms with Gasteiger partial charge in [0.15, 0.2) is 0 Å². The number of thiol groups is 1. The summed E-state index contributed by atoms with van der Waals surface area (Å²) in [4.78, 5) is 5.36. The minimum Gasteiger partial charge on any atom is -0.289 e. The van der Waals surface area contributed by atoms with Gasteiger partial charge in [0, 0.05) is 11.3 Å². The van der Waals surface area contributed by atoms with E-state index in [9.17, 15) is 5.21 Å². The molecule has 0 aliphatic carbocycles. The van der Waals surface area contributed by atoms with Crippen LogP contribution in [-0.2, 0) is 4.84 Å². The van der Waals surface area contributed by atoms with Crippen LogP contribution in [0, 0.1) is 11.8 Å². The molecule has 3 nitrogen and oxygen atoms in total. The average Bonchev–Trinajstić information content (AvgIpc) is 2.27. The second kappa shape index (κ2) is 9.24. The molecule has 0 saturated heterocycles. The first-order chi connectivity index (χ1) is 8.33. The standard InChI is InChI=1S/C13H28BNO2S/c1-6-11(9(3)4)15(16)17-13(14)8-10(5)12(18)7-2/h9-13,16,18H,6-8H2,1-5H3. The van der Waals surface area contributed by atoms with Gasteiger partial charge in [0.25, 0.3) is 0 Å². The highest BCUT2D eigenvalue weighted by Gasteiger charge is 2.23. The Morgan fingerprint density at radius 3 is 2.17 bits per heavy atom. The smallest absolute Gasteiger partial charge is 0.112 e. The molecule has 4 atom stereocenters. The lowest BCUT2D eigenvalue weighted by atomic mass is 9.88. The lowest BCUT2D eigenvalue weighted by Gasteiger charge is -2.31. The Balaban J connectivity index is 4.18. The summed E-state index contributed by atoms with van der Waals surface area (Å²) >= 11 is 4.49. The first kappa shape index (κ1) is 18.3. The van der Waals surface area contributed by atoms with Crippen molar-refractivity contribution in [3.05, 3.63) is 0 Å². The predicted molar refractivity (Wildman–Crippen MR) is 80.0 cm³/mol. The van der Waals surface area contributed by atoms with Crippen molar-refractivity contribution in [1.29, 1.82) is 0 Å². The van der Waals surface area contributed by atoms with Crippen LogP contribution in [0.25, 0.3) is 0 Å². The molecule has 4 unspecified atom stereocenters. The van der Waals surface area contributed by atoms with E-state index < -0.39 is 6.00 Å². The van der Waals surface area contributed by atoms with Crippen molar-refractivity contribution in [3.8, 4) is 0 Å². The normalized spacial score (nSPS) is 18.9. The topological polar surface area (TPSA) is 32.7 Å². The summed E-state index contributed by atoms with van der Waals surface area (Å²) in [6, 6.07) is -0.511. The molecule has 0 aromatic carbocycles. The van der Waals surface area contributed by atoms with Crippen LogP contribution in [-0.4, -0.2) is 35.6 Å². The van der Waals surface area contributed by atoms with E-state index in [1.54, 1.807) is 0 Å². The molecule has 2 radical (unpaired) electrons. The molecule has 0 spiro atoms. The van der Waals surface area contributed by atoms with Crippen LogP contribution in [0.2, 0.25) is 0 Å². The van der Waals surface area contributed by atoms with Gasteiger partial charge in [-0.15, -0.1) is 0 Å². The third-order valence-corrected chi connectivity index (χ3v) is 4.27. The summed E-state index contributed by atoms with van der Waals surface area (Å²) in [5.74, 6) is 0.679. The number of hydrogen-bond donors (Lipinski definition) is 2. The second-order valence-corrected chi connectivity index (χ2v) is 6.02. The van der Waals surface area contributed by atoms with Gasteiger partial charge in [-0.05, 0) is 31.1 Å². The maximum absolute atomic E-state index is 9.87. The summed E-state index contributed by atoms with van der Waals surface area (Å²) in [7, 11) is 5.90. The number of nitrogens with zero attached hydrogens (tertiary/aromatic N) is 1. The Morgan fingerprint density at radius 2 is 1.78 bits per heavy atom. The summed E-state index contributed by atoms with van der Waals surface area (Å²) in [6.45, 7) is 10.3. The summed E-state index contributed by atoms with van der Waals surface area (Å²) in [6.07, 6.45) is 2.51. The van der Waals surface area contributed by atoms with E-state index >= 15 is 0 Å². The maximum atomic E-state index is 9.87. The highest BCUT2D eigenvalue weighted by atomic mass is 32.1. The van der Waals surface area contributed by atoms with E-state index in [0.29, 0.717) is 23.5 Å². The van der Waals surface area contributed by atoms with Crippen LogP contribution in [0.5, 0.6) is 0 Å². The molecule has 106 valence electrons. The van der Waals surface area contributed by atoms with Crippen LogP contribution in [0.15, 0.2) is 0 Å². The van der Waals surface area contributed by atoms with Crippen molar-refractivity contribution in [2.75, 3.05) is 0 Å². The Bertz CT molecular complexity index is 219. The Morgan fingerprint density at radius 1 is 1.22 bits per heavy atom. The van der Waals surface area contributed by atoms with Crippen molar-refractivity contribution >= 4 is 20.5 Å². The molecule has 0 aliphatic rings. The molecule has 0 aliphatic heterocycles. The number of rotatable bonds is 9. The van der Waals surface area contributed by atoms with Gasteiger partial charge in [-0.1, -0.05) is 39.8 Å². The lowest BCUT2D eigenvalue weighted by Crippen LogP contribution is -2.39. The third kappa shape index (κ3) is 6.46. The maximum Gasteiger partial charge on any atom is 0.112 e. The largest absolute Gasteiger partial charge is 0.289 e. The van der Waals surface area contributed by atoms with Gasteiger partial charge in [0.1, 0.15) is 7.85 Å². The first-order valence-electron chi connectivity index (χ1n) is 6.91. The van der Waals surface area contributed by atoms with Gasteiger partial charge >= 0.3 is 0 Å². The van der Waals surface area contributed by atoms with Crippen molar-refractivity contribution in [3.63, 3.8) is 0 Å². The summed E-state index contributed by atoms with van der Waals surface area (Å²) in [5, 5.41) is 11.1. The van der Waals surface area contributed by atoms with Gasteiger partial charge in [0.2, 0.25) is 0 Å². The zero-order valence-corrected chi connectivity index (χ0v) is 13.2. The van der Waals surface area contributed by atoms with Gasteiger partial charge in [0.05, 0.1) is 6.04 Å². The Labute approximate surface area is 119 Å². The SMILES string of the molecule is [B]C(CC(C)C(S)CC)ON(O)C(CC)C(C)C. The van der Waals surface area contributed by atoms with Crippen molar-refractivity contribution in [1.82, 2.24) is 5.23 Å². The fraction of sp³-hybridized carbons (Fsp3) is 1.00. The molecule has 0 rings (SSSR count). The minimum absolute atomic E-state index is 0.0238. The minimum atomic E-state index is -0.487. The molecule has 1 N–H and O–H groups in total. The van der Waals surface area contributed by atoms with E-state index in [-0.39, 0.29) is 6.04 Å². The molecule has 18 heavy (non-hydrogen) atoms. The molecular formula is C13H28BNO2S. The number of hydroxylamine groups is 2. The summed E-state index contributed by atoms with van der Waals surface area (Å²) in [5.41, 5.74) is 0. The summed E-state index contributed by atoms with van der Waals surface area (Å²) < 4.78 is 0. The number of hydrogen-bond acceptors (Lipinski definition) is 4. The van der Waals surface area contributed by atoms with Gasteiger partial charge in [-0.3, -0.25) is 10.0 Å². The van der Waals surface area contributed by atoms with E-state index in [1.807, 2.05) is 6.92 Å². The van der Waals surface area contributed by atoms with Crippen molar-refractivity contribution in [2.24, 2.45) is 11.8 Å². The average molecular weight is 273 g/mol. The van der Waals surface area contributed by atoms with E-state index in [1.165, 1.54) is 0 Å². The molecule has 0 aromatic rings. The fourth-order valence-corrected chi connectivity index (χ4v) is 2.19. The molecule has 0 heterocycles. The van der Waals surface area contributed by atoms with Crippen LogP contribution < -0.4 is 0 Å². The van der Waals surface area contributed by atoms with E-state index in [2.05, 4.69) is 40.3 Å². The van der Waals surface area contributed by atoms with Crippen molar-refractivity contribution < 1.29 is 10.0 Å². The van der Waals surface area contributed by atoms with E-state index in [0.717, 1.165) is 18.1 Å². The molecule has 0 aromatic heterocycles. The fourth-order valence-electron chi connectivity index (χ4n) is 2.07. The lowest BCUT2D eigenvalue weighted by molar-refractivity contribution is -0.376. The monoisotopic (exact) mass is 273 g/mol. The third-order valence-electron chi connectivity index (χ3n) is 3.39. The first-order valence-corrected chi connectivity index (χ1v) is 7.43. The highest BCUT2D eigenvalue weighted by molar-refractivity contribution is 7.81. The quantitative estimate of drug-likeness (QED) is 0.384. The van der Waals surface area contributed by atoms with Crippen molar-refractivity contribution in [2.45, 2.75) is 71.2 Å². The molecule has 0 amide bonds. The molecule has 0 bridgehead atoms. The zero-order valence-electron chi connectivity index (χ0n) is 12.3. The van der Waals surface area contributed by atoms with Crippen LogP contribution in [0.1, 0.15) is 53.9 Å². The van der Waals surface area contributed by atoms with E-state index in [4.69, 9.17) is 12.7 Å².